The van der Waals surface area contributed by atoms with Crippen molar-refractivity contribution < 1.29 is 15.0 Å². The summed E-state index contributed by atoms with van der Waals surface area (Å²) in [5.41, 5.74) is 1.63. The molecule has 0 fully saturated rings. The second kappa shape index (κ2) is 5.65. The highest BCUT2D eigenvalue weighted by molar-refractivity contribution is 5.97. The fourth-order valence-corrected chi connectivity index (χ4v) is 1.99. The molecule has 20 heavy (non-hydrogen) atoms. The van der Waals surface area contributed by atoms with Crippen molar-refractivity contribution in [2.45, 2.75) is 13.5 Å². The molecule has 2 rings (SSSR count). The predicted octanol–water partition coefficient (Wildman–Crippen LogP) is 2.68. The molecule has 0 radical (unpaired) electrons. The minimum absolute atomic E-state index is 0.103. The van der Waals surface area contributed by atoms with E-state index in [9.17, 15) is 15.0 Å². The number of carbonyl (C=O) groups excluding carboxylic acids is 1. The van der Waals surface area contributed by atoms with Crippen LogP contribution in [0.4, 0.5) is 0 Å². The van der Waals surface area contributed by atoms with Crippen LogP contribution in [0.25, 0.3) is 0 Å². The molecule has 0 saturated heterocycles. The molecular weight excluding hydrogens is 254 g/mol. The summed E-state index contributed by atoms with van der Waals surface area (Å²) >= 11 is 0. The highest BCUT2D eigenvalue weighted by Gasteiger charge is 2.19. The van der Waals surface area contributed by atoms with Crippen LogP contribution < -0.4 is 0 Å². The first-order valence-corrected chi connectivity index (χ1v) is 6.31. The highest BCUT2D eigenvalue weighted by atomic mass is 16.3. The van der Waals surface area contributed by atoms with Gasteiger partial charge in [0.05, 0.1) is 5.56 Å². The average Bonchev–Trinajstić information content (AvgIpc) is 2.45. The van der Waals surface area contributed by atoms with Crippen molar-refractivity contribution in [3.05, 3.63) is 59.2 Å². The third-order valence-electron chi connectivity index (χ3n) is 3.19. The maximum absolute atomic E-state index is 12.3. The Morgan fingerprint density at radius 2 is 1.70 bits per heavy atom. The van der Waals surface area contributed by atoms with E-state index in [0.29, 0.717) is 12.1 Å². The van der Waals surface area contributed by atoms with Crippen LogP contribution in [0, 0.1) is 6.92 Å². The maximum atomic E-state index is 12.3. The molecule has 0 spiro atoms. The van der Waals surface area contributed by atoms with Gasteiger partial charge in [0.25, 0.3) is 5.91 Å². The summed E-state index contributed by atoms with van der Waals surface area (Å²) in [6, 6.07) is 12.7. The Morgan fingerprint density at radius 1 is 1.05 bits per heavy atom. The number of phenols is 2. The van der Waals surface area contributed by atoms with Crippen LogP contribution in [0.2, 0.25) is 0 Å². The van der Waals surface area contributed by atoms with Crippen LogP contribution >= 0.6 is 0 Å². The summed E-state index contributed by atoms with van der Waals surface area (Å²) in [7, 11) is 1.66. The molecular formula is C16H17NO3. The molecule has 0 aliphatic heterocycles. The minimum Gasteiger partial charge on any atom is -0.504 e. The molecule has 2 N–H and O–H groups in total. The molecule has 0 heterocycles. The number of carbonyl (C=O) groups is 1. The smallest absolute Gasteiger partial charge is 0.257 e. The van der Waals surface area contributed by atoms with Gasteiger partial charge in [-0.3, -0.25) is 4.79 Å². The number of aromatic hydroxyl groups is 2. The van der Waals surface area contributed by atoms with Crippen LogP contribution in [0.15, 0.2) is 42.5 Å². The van der Waals surface area contributed by atoms with E-state index in [1.165, 1.54) is 11.0 Å². The van der Waals surface area contributed by atoms with E-state index >= 15 is 0 Å². The van der Waals surface area contributed by atoms with Gasteiger partial charge in [0.2, 0.25) is 0 Å². The predicted molar refractivity (Wildman–Crippen MR) is 76.7 cm³/mol. The number of hydrogen-bond donors (Lipinski definition) is 2. The Labute approximate surface area is 117 Å². The van der Waals surface area contributed by atoms with Crippen LogP contribution in [-0.2, 0) is 6.54 Å². The summed E-state index contributed by atoms with van der Waals surface area (Å²) in [5.74, 6) is -0.944. The Balaban J connectivity index is 2.21. The fourth-order valence-electron chi connectivity index (χ4n) is 1.99. The fraction of sp³-hybridized carbons (Fsp3) is 0.188. The van der Waals surface area contributed by atoms with Crippen LogP contribution in [-0.4, -0.2) is 28.1 Å². The van der Waals surface area contributed by atoms with Gasteiger partial charge in [0, 0.05) is 13.6 Å². The van der Waals surface area contributed by atoms with Gasteiger partial charge >= 0.3 is 0 Å². The summed E-state index contributed by atoms with van der Waals surface area (Å²) in [6.45, 7) is 2.10. The molecule has 104 valence electrons. The van der Waals surface area contributed by atoms with Crippen molar-refractivity contribution in [3.8, 4) is 11.5 Å². The van der Waals surface area contributed by atoms with Crippen molar-refractivity contribution in [1.82, 2.24) is 4.90 Å². The van der Waals surface area contributed by atoms with E-state index in [2.05, 4.69) is 0 Å². The normalized spacial score (nSPS) is 10.3. The van der Waals surface area contributed by atoms with Crippen molar-refractivity contribution in [2.75, 3.05) is 7.05 Å². The third-order valence-corrected chi connectivity index (χ3v) is 3.19. The number of nitrogens with zero attached hydrogens (tertiary/aromatic N) is 1. The maximum Gasteiger partial charge on any atom is 0.257 e. The van der Waals surface area contributed by atoms with Crippen LogP contribution in [0.5, 0.6) is 11.5 Å². The van der Waals surface area contributed by atoms with E-state index in [-0.39, 0.29) is 23.0 Å². The standard InChI is InChI=1S/C16H17NO3/c1-11-8-9-13(15(19)14(11)18)16(20)17(2)10-12-6-4-3-5-7-12/h3-9,18-19H,10H2,1-2H3. The van der Waals surface area contributed by atoms with Gasteiger partial charge in [-0.1, -0.05) is 36.4 Å². The van der Waals surface area contributed by atoms with Crippen molar-refractivity contribution in [1.29, 1.82) is 0 Å². The molecule has 2 aromatic carbocycles. The molecule has 4 heteroatoms. The number of rotatable bonds is 3. The van der Waals surface area contributed by atoms with Gasteiger partial charge in [-0.15, -0.1) is 0 Å². The van der Waals surface area contributed by atoms with Gasteiger partial charge in [0.15, 0.2) is 11.5 Å². The molecule has 4 nitrogen and oxygen atoms in total. The molecule has 0 atom stereocenters. The SMILES string of the molecule is Cc1ccc(C(=O)N(C)Cc2ccccc2)c(O)c1O. The molecule has 0 aliphatic rings. The lowest BCUT2D eigenvalue weighted by Gasteiger charge is -2.18. The molecule has 0 unspecified atom stereocenters. The van der Waals surface area contributed by atoms with E-state index in [1.54, 1.807) is 20.0 Å². The van der Waals surface area contributed by atoms with Gasteiger partial charge in [-0.25, -0.2) is 0 Å². The van der Waals surface area contributed by atoms with E-state index in [0.717, 1.165) is 5.56 Å². The lowest BCUT2D eigenvalue weighted by Crippen LogP contribution is -2.26. The number of phenolic OH excluding ortho intramolecular Hbond substituents is 2. The molecule has 0 saturated carbocycles. The van der Waals surface area contributed by atoms with Crippen molar-refractivity contribution in [2.24, 2.45) is 0 Å². The molecule has 0 bridgehead atoms. The number of aryl methyl sites for hydroxylation is 1. The first kappa shape index (κ1) is 13.9. The zero-order valence-electron chi connectivity index (χ0n) is 11.5. The average molecular weight is 271 g/mol. The van der Waals surface area contributed by atoms with Gasteiger partial charge < -0.3 is 15.1 Å². The summed E-state index contributed by atoms with van der Waals surface area (Å²) in [6.07, 6.45) is 0. The molecule has 2 aromatic rings. The lowest BCUT2D eigenvalue weighted by molar-refractivity contribution is 0.0781. The topological polar surface area (TPSA) is 60.8 Å². The van der Waals surface area contributed by atoms with Gasteiger partial charge in [-0.05, 0) is 24.1 Å². The van der Waals surface area contributed by atoms with Crippen LogP contribution in [0.1, 0.15) is 21.5 Å². The van der Waals surface area contributed by atoms with E-state index in [4.69, 9.17) is 0 Å². The lowest BCUT2D eigenvalue weighted by atomic mass is 10.1. The molecule has 1 amide bonds. The third kappa shape index (κ3) is 2.74. The van der Waals surface area contributed by atoms with Crippen molar-refractivity contribution >= 4 is 5.91 Å². The Hall–Kier alpha value is -2.49. The quantitative estimate of drug-likeness (QED) is 0.844. The zero-order valence-corrected chi connectivity index (χ0v) is 11.5. The highest BCUT2D eigenvalue weighted by Crippen LogP contribution is 2.32. The molecule has 0 aromatic heterocycles. The summed E-state index contributed by atoms with van der Waals surface area (Å²) in [5, 5.41) is 19.6. The first-order valence-electron chi connectivity index (χ1n) is 6.31. The first-order chi connectivity index (χ1) is 9.50. The van der Waals surface area contributed by atoms with E-state index in [1.807, 2.05) is 30.3 Å². The summed E-state index contributed by atoms with van der Waals surface area (Å²) in [4.78, 5) is 13.8. The monoisotopic (exact) mass is 271 g/mol. The Bertz CT molecular complexity index is 623. The Kier molecular flexibility index (Phi) is 3.94. The zero-order chi connectivity index (χ0) is 14.7. The largest absolute Gasteiger partial charge is 0.504 e. The minimum atomic E-state index is -0.366. The number of benzene rings is 2. The van der Waals surface area contributed by atoms with Crippen LogP contribution in [0.3, 0.4) is 0 Å². The van der Waals surface area contributed by atoms with Gasteiger partial charge in [-0.2, -0.15) is 0 Å². The second-order valence-corrected chi connectivity index (χ2v) is 4.77. The van der Waals surface area contributed by atoms with Gasteiger partial charge in [0.1, 0.15) is 0 Å². The van der Waals surface area contributed by atoms with E-state index < -0.39 is 0 Å². The van der Waals surface area contributed by atoms with Crippen molar-refractivity contribution in [3.63, 3.8) is 0 Å². The number of hydrogen-bond acceptors (Lipinski definition) is 3. The summed E-state index contributed by atoms with van der Waals surface area (Å²) < 4.78 is 0. The second-order valence-electron chi connectivity index (χ2n) is 4.77. The number of amides is 1. The Morgan fingerprint density at radius 3 is 2.35 bits per heavy atom. The molecule has 0 aliphatic carbocycles.